The van der Waals surface area contributed by atoms with Crippen molar-refractivity contribution in [1.29, 1.82) is 0 Å². The standard InChI is InChI=1S/C54H103NO3/c1-3-5-7-9-10-11-12-13-14-15-16-17-18-19-20-21-22-23-24-25-26-27-28-29-30-31-32-33-34-35-36-37-38-39-40-41-42-43-44-46-48-50-54(58)55-52(51-56)53(57)49-47-45-8-6-4-2/h12-13,15-16,18-19,52-53,56-57H,3-11,14,17,20-51H2,1-2H3,(H,55,58)/b13-12-,16-15-,19-18-. The Balaban J connectivity index is 3.29. The lowest BCUT2D eigenvalue weighted by Gasteiger charge is -2.22. The Morgan fingerprint density at radius 1 is 0.414 bits per heavy atom. The molecule has 0 aromatic carbocycles. The lowest BCUT2D eigenvalue weighted by Crippen LogP contribution is -2.45. The van der Waals surface area contributed by atoms with Gasteiger partial charge < -0.3 is 15.5 Å². The van der Waals surface area contributed by atoms with Gasteiger partial charge in [0.2, 0.25) is 5.91 Å². The van der Waals surface area contributed by atoms with E-state index in [1.807, 2.05) is 0 Å². The summed E-state index contributed by atoms with van der Waals surface area (Å²) < 4.78 is 0. The molecule has 0 aliphatic heterocycles. The van der Waals surface area contributed by atoms with Gasteiger partial charge in [0.05, 0.1) is 18.8 Å². The summed E-state index contributed by atoms with van der Waals surface area (Å²) in [6, 6.07) is -0.529. The minimum atomic E-state index is -0.652. The second-order valence-corrected chi connectivity index (χ2v) is 17.9. The van der Waals surface area contributed by atoms with Crippen LogP contribution in [0.25, 0.3) is 0 Å². The van der Waals surface area contributed by atoms with Crippen LogP contribution in [0, 0.1) is 0 Å². The summed E-state index contributed by atoms with van der Waals surface area (Å²) in [5, 5.41) is 22.8. The summed E-state index contributed by atoms with van der Waals surface area (Å²) in [5.74, 6) is -0.0343. The molecule has 0 heterocycles. The zero-order valence-electron chi connectivity index (χ0n) is 39.3. The second-order valence-electron chi connectivity index (χ2n) is 17.9. The van der Waals surface area contributed by atoms with Crippen molar-refractivity contribution in [2.75, 3.05) is 6.61 Å². The average molecular weight is 814 g/mol. The minimum absolute atomic E-state index is 0.0343. The van der Waals surface area contributed by atoms with Crippen molar-refractivity contribution >= 4 is 5.91 Å². The molecule has 0 rings (SSSR count). The number of aliphatic hydroxyl groups is 2. The summed E-state index contributed by atoms with van der Waals surface area (Å²) >= 11 is 0. The number of unbranched alkanes of at least 4 members (excludes halogenated alkanes) is 35. The highest BCUT2D eigenvalue weighted by atomic mass is 16.3. The van der Waals surface area contributed by atoms with Crippen LogP contribution in [0.15, 0.2) is 36.5 Å². The molecule has 4 nitrogen and oxygen atoms in total. The molecule has 0 aliphatic rings. The number of hydrogen-bond donors (Lipinski definition) is 3. The number of nitrogens with one attached hydrogen (secondary N) is 1. The van der Waals surface area contributed by atoms with Crippen LogP contribution in [0.2, 0.25) is 0 Å². The average Bonchev–Trinajstić information content (AvgIpc) is 3.23. The number of aliphatic hydroxyl groups excluding tert-OH is 2. The first kappa shape index (κ1) is 56.6. The van der Waals surface area contributed by atoms with Crippen LogP contribution < -0.4 is 5.32 Å². The predicted molar refractivity (Wildman–Crippen MR) is 258 cm³/mol. The molecule has 4 heteroatoms. The zero-order chi connectivity index (χ0) is 42.1. The third-order valence-electron chi connectivity index (χ3n) is 12.2. The summed E-state index contributed by atoms with van der Waals surface area (Å²) in [6.45, 7) is 4.28. The summed E-state index contributed by atoms with van der Waals surface area (Å²) in [5.41, 5.74) is 0. The van der Waals surface area contributed by atoms with E-state index in [2.05, 4.69) is 55.6 Å². The van der Waals surface area contributed by atoms with Gasteiger partial charge in [0.1, 0.15) is 0 Å². The first-order valence-electron chi connectivity index (χ1n) is 26.2. The van der Waals surface area contributed by atoms with Crippen LogP contribution in [-0.2, 0) is 4.79 Å². The van der Waals surface area contributed by atoms with E-state index in [0.29, 0.717) is 12.8 Å². The number of allylic oxidation sites excluding steroid dienone is 6. The smallest absolute Gasteiger partial charge is 0.220 e. The molecule has 0 saturated heterocycles. The number of hydrogen-bond acceptors (Lipinski definition) is 3. The quantitative estimate of drug-likeness (QED) is 0.0423. The molecular formula is C54H103NO3. The Hall–Kier alpha value is -1.39. The zero-order valence-corrected chi connectivity index (χ0v) is 39.3. The molecule has 0 radical (unpaired) electrons. The van der Waals surface area contributed by atoms with E-state index in [1.54, 1.807) is 0 Å². The monoisotopic (exact) mass is 814 g/mol. The van der Waals surface area contributed by atoms with Crippen LogP contribution in [0.5, 0.6) is 0 Å². The Labute approximate surface area is 363 Å². The molecule has 0 spiro atoms. The molecule has 0 aromatic heterocycles. The molecule has 342 valence electrons. The van der Waals surface area contributed by atoms with Gasteiger partial charge in [-0.05, 0) is 51.4 Å². The van der Waals surface area contributed by atoms with Crippen molar-refractivity contribution in [1.82, 2.24) is 5.32 Å². The maximum atomic E-state index is 12.3. The van der Waals surface area contributed by atoms with Crippen LogP contribution in [0.3, 0.4) is 0 Å². The van der Waals surface area contributed by atoms with E-state index < -0.39 is 12.1 Å². The Bertz CT molecular complexity index is 882. The van der Waals surface area contributed by atoms with Gasteiger partial charge in [-0.15, -0.1) is 0 Å². The first-order chi connectivity index (χ1) is 28.7. The number of carbonyl (C=O) groups is 1. The maximum Gasteiger partial charge on any atom is 0.220 e. The largest absolute Gasteiger partial charge is 0.394 e. The van der Waals surface area contributed by atoms with Gasteiger partial charge in [0, 0.05) is 6.42 Å². The SMILES string of the molecule is CCCCCCC/C=C\C/C=C\C/C=C\CCCCCCCCCCCCCCCCCCCCCCCCCCCCC(=O)NC(CO)C(O)CCCCCCC. The van der Waals surface area contributed by atoms with E-state index in [9.17, 15) is 15.0 Å². The fourth-order valence-electron chi connectivity index (χ4n) is 8.13. The Morgan fingerprint density at radius 2 is 0.707 bits per heavy atom. The summed E-state index contributed by atoms with van der Waals surface area (Å²) in [4.78, 5) is 12.3. The number of rotatable bonds is 48. The highest BCUT2D eigenvalue weighted by Gasteiger charge is 2.20. The van der Waals surface area contributed by atoms with E-state index in [0.717, 1.165) is 38.5 Å². The van der Waals surface area contributed by atoms with Crippen molar-refractivity contribution in [3.63, 3.8) is 0 Å². The molecule has 0 aliphatic carbocycles. The molecule has 58 heavy (non-hydrogen) atoms. The van der Waals surface area contributed by atoms with Crippen molar-refractivity contribution < 1.29 is 15.0 Å². The molecular weight excluding hydrogens is 711 g/mol. The van der Waals surface area contributed by atoms with Gasteiger partial charge in [0.15, 0.2) is 0 Å². The molecule has 0 saturated carbocycles. The predicted octanol–water partition coefficient (Wildman–Crippen LogP) is 16.9. The van der Waals surface area contributed by atoms with Crippen LogP contribution in [-0.4, -0.2) is 34.9 Å². The molecule has 2 atom stereocenters. The van der Waals surface area contributed by atoms with Gasteiger partial charge in [-0.1, -0.05) is 262 Å². The number of carbonyl (C=O) groups excluding carboxylic acids is 1. The van der Waals surface area contributed by atoms with E-state index in [1.165, 1.54) is 218 Å². The van der Waals surface area contributed by atoms with Crippen molar-refractivity contribution in [3.8, 4) is 0 Å². The third-order valence-corrected chi connectivity index (χ3v) is 12.2. The lowest BCUT2D eigenvalue weighted by molar-refractivity contribution is -0.123. The van der Waals surface area contributed by atoms with Crippen molar-refractivity contribution in [2.24, 2.45) is 0 Å². The highest BCUT2D eigenvalue weighted by molar-refractivity contribution is 5.76. The van der Waals surface area contributed by atoms with Gasteiger partial charge in [-0.3, -0.25) is 4.79 Å². The molecule has 0 aromatic rings. The Morgan fingerprint density at radius 3 is 1.05 bits per heavy atom. The molecule has 0 fully saturated rings. The van der Waals surface area contributed by atoms with E-state index in [-0.39, 0.29) is 12.5 Å². The molecule has 0 bridgehead atoms. The van der Waals surface area contributed by atoms with Crippen molar-refractivity contribution in [2.45, 2.75) is 296 Å². The van der Waals surface area contributed by atoms with Crippen molar-refractivity contribution in [3.05, 3.63) is 36.5 Å². The van der Waals surface area contributed by atoms with Gasteiger partial charge >= 0.3 is 0 Å². The van der Waals surface area contributed by atoms with Gasteiger partial charge in [0.25, 0.3) is 0 Å². The van der Waals surface area contributed by atoms with Crippen LogP contribution in [0.4, 0.5) is 0 Å². The fraction of sp³-hybridized carbons (Fsp3) is 0.870. The normalized spacial score (nSPS) is 13.1. The van der Waals surface area contributed by atoms with Crippen LogP contribution in [0.1, 0.15) is 284 Å². The van der Waals surface area contributed by atoms with Crippen LogP contribution >= 0.6 is 0 Å². The topological polar surface area (TPSA) is 69.6 Å². The molecule has 1 amide bonds. The van der Waals surface area contributed by atoms with Gasteiger partial charge in [-0.25, -0.2) is 0 Å². The molecule has 2 unspecified atom stereocenters. The lowest BCUT2D eigenvalue weighted by atomic mass is 10.0. The highest BCUT2D eigenvalue weighted by Crippen LogP contribution is 2.17. The summed E-state index contributed by atoms with van der Waals surface area (Å²) in [7, 11) is 0. The van der Waals surface area contributed by atoms with Gasteiger partial charge in [-0.2, -0.15) is 0 Å². The third kappa shape index (κ3) is 45.7. The number of amides is 1. The van der Waals surface area contributed by atoms with E-state index in [4.69, 9.17) is 0 Å². The van der Waals surface area contributed by atoms with E-state index >= 15 is 0 Å². The minimum Gasteiger partial charge on any atom is -0.394 e. The fourth-order valence-corrected chi connectivity index (χ4v) is 8.13. The Kier molecular flexibility index (Phi) is 48.8. The maximum absolute atomic E-state index is 12.3. The first-order valence-corrected chi connectivity index (χ1v) is 26.2. The second kappa shape index (κ2) is 50.0. The summed E-state index contributed by atoms with van der Waals surface area (Å²) in [6.07, 6.45) is 67.5. The molecule has 3 N–H and O–H groups in total.